The fourth-order valence-electron chi connectivity index (χ4n) is 6.92. The van der Waals surface area contributed by atoms with Crippen molar-refractivity contribution in [3.05, 3.63) is 176 Å². The SMILES string of the molecule is c1ccc(-c2ccc(-c3nc(-c4ccccc4)nc(-c4ccc(-c5ccc6nc(-n7c8ccccc8c8ccccc87)oc6c5)cc4)n3)cc2)cc1. The first kappa shape index (κ1) is 29.7. The van der Waals surface area contributed by atoms with Gasteiger partial charge < -0.3 is 4.42 Å². The van der Waals surface area contributed by atoms with Crippen LogP contribution in [0.25, 0.3) is 95.3 Å². The number of aromatic nitrogens is 5. The molecule has 0 aliphatic carbocycles. The summed E-state index contributed by atoms with van der Waals surface area (Å²) in [7, 11) is 0. The summed E-state index contributed by atoms with van der Waals surface area (Å²) in [5, 5.41) is 2.34. The molecule has 0 amide bonds. The summed E-state index contributed by atoms with van der Waals surface area (Å²) in [4.78, 5) is 19.7. The quantitative estimate of drug-likeness (QED) is 0.176. The minimum absolute atomic E-state index is 0.550. The van der Waals surface area contributed by atoms with Crippen molar-refractivity contribution < 1.29 is 4.42 Å². The number of hydrogen-bond donors (Lipinski definition) is 0. The Morgan fingerprint density at radius 3 is 1.31 bits per heavy atom. The van der Waals surface area contributed by atoms with Gasteiger partial charge in [-0.3, -0.25) is 4.57 Å². The Morgan fingerprint density at radius 2 is 0.750 bits per heavy atom. The lowest BCUT2D eigenvalue weighted by molar-refractivity contribution is 0.574. The van der Waals surface area contributed by atoms with Crippen LogP contribution in [0.5, 0.6) is 0 Å². The second-order valence-corrected chi connectivity index (χ2v) is 12.7. The lowest BCUT2D eigenvalue weighted by atomic mass is 10.0. The molecule has 0 unspecified atom stereocenters. The standard InChI is InChI=1S/C46H29N5O/c1-3-11-30(12-4-1)31-19-23-34(24-20-31)44-48-43(33-13-5-2-6-14-33)49-45(50-44)35-25-21-32(22-26-35)36-27-28-39-42(29-36)52-46(47-39)51-40-17-9-7-15-37(40)38-16-8-10-18-41(38)51/h1-29H. The van der Waals surface area contributed by atoms with E-state index >= 15 is 0 Å². The number of oxazole rings is 1. The van der Waals surface area contributed by atoms with Gasteiger partial charge in [0.2, 0.25) is 0 Å². The summed E-state index contributed by atoms with van der Waals surface area (Å²) < 4.78 is 8.55. The molecule has 0 fully saturated rings. The predicted molar refractivity (Wildman–Crippen MR) is 209 cm³/mol. The maximum Gasteiger partial charge on any atom is 0.307 e. The fraction of sp³-hybridized carbons (Fsp3) is 0. The van der Waals surface area contributed by atoms with Crippen molar-refractivity contribution in [1.29, 1.82) is 0 Å². The average molecular weight is 668 g/mol. The van der Waals surface area contributed by atoms with Gasteiger partial charge in [-0.1, -0.05) is 152 Å². The van der Waals surface area contributed by atoms with Gasteiger partial charge in [0.05, 0.1) is 11.0 Å². The highest BCUT2D eigenvalue weighted by Gasteiger charge is 2.17. The fourth-order valence-corrected chi connectivity index (χ4v) is 6.92. The van der Waals surface area contributed by atoms with E-state index in [1.54, 1.807) is 0 Å². The molecule has 0 saturated carbocycles. The zero-order valence-electron chi connectivity index (χ0n) is 27.9. The molecule has 52 heavy (non-hydrogen) atoms. The number of fused-ring (bicyclic) bond motifs is 4. The van der Waals surface area contributed by atoms with Gasteiger partial charge >= 0.3 is 6.01 Å². The second kappa shape index (κ2) is 12.3. The van der Waals surface area contributed by atoms with Gasteiger partial charge in [0.25, 0.3) is 0 Å². The summed E-state index contributed by atoms with van der Waals surface area (Å²) >= 11 is 0. The van der Waals surface area contributed by atoms with Crippen molar-refractivity contribution in [3.63, 3.8) is 0 Å². The first-order valence-corrected chi connectivity index (χ1v) is 17.2. The van der Waals surface area contributed by atoms with Crippen LogP contribution < -0.4 is 0 Å². The highest BCUT2D eigenvalue weighted by molar-refractivity contribution is 6.09. The molecule has 3 heterocycles. The lowest BCUT2D eigenvalue weighted by Gasteiger charge is -2.10. The predicted octanol–water partition coefficient (Wildman–Crippen LogP) is 11.4. The van der Waals surface area contributed by atoms with Gasteiger partial charge in [0.1, 0.15) is 5.52 Å². The smallest absolute Gasteiger partial charge is 0.307 e. The van der Waals surface area contributed by atoms with Crippen LogP contribution in [0.4, 0.5) is 0 Å². The van der Waals surface area contributed by atoms with Crippen LogP contribution in [-0.2, 0) is 0 Å². The van der Waals surface area contributed by atoms with Gasteiger partial charge in [-0.05, 0) is 46.5 Å². The van der Waals surface area contributed by atoms with E-state index in [-0.39, 0.29) is 0 Å². The third kappa shape index (κ3) is 5.22. The Morgan fingerprint density at radius 1 is 0.346 bits per heavy atom. The Kier molecular flexibility index (Phi) is 7.03. The highest BCUT2D eigenvalue weighted by Crippen LogP contribution is 2.34. The molecule has 0 aliphatic heterocycles. The summed E-state index contributed by atoms with van der Waals surface area (Å²) in [6, 6.07) is 60.5. The molecular weight excluding hydrogens is 639 g/mol. The van der Waals surface area contributed by atoms with Crippen LogP contribution in [0.1, 0.15) is 0 Å². The van der Waals surface area contributed by atoms with E-state index in [0.717, 1.165) is 55.5 Å². The monoisotopic (exact) mass is 667 g/mol. The minimum Gasteiger partial charge on any atom is -0.423 e. The summed E-state index contributed by atoms with van der Waals surface area (Å²) in [6.45, 7) is 0. The van der Waals surface area contributed by atoms with Gasteiger partial charge in [-0.15, -0.1) is 0 Å². The van der Waals surface area contributed by atoms with E-state index in [2.05, 4.69) is 126 Å². The third-order valence-corrected chi connectivity index (χ3v) is 9.54. The molecule has 0 atom stereocenters. The molecule has 6 nitrogen and oxygen atoms in total. The Balaban J connectivity index is 0.998. The van der Waals surface area contributed by atoms with E-state index in [4.69, 9.17) is 24.4 Å². The number of para-hydroxylation sites is 2. The van der Waals surface area contributed by atoms with Crippen molar-refractivity contribution in [2.24, 2.45) is 0 Å². The third-order valence-electron chi connectivity index (χ3n) is 9.54. The molecule has 10 aromatic rings. The van der Waals surface area contributed by atoms with E-state index in [9.17, 15) is 0 Å². The van der Waals surface area contributed by atoms with Crippen LogP contribution in [0.3, 0.4) is 0 Å². The van der Waals surface area contributed by atoms with Crippen molar-refractivity contribution >= 4 is 32.9 Å². The maximum absolute atomic E-state index is 6.45. The zero-order valence-corrected chi connectivity index (χ0v) is 27.9. The molecule has 10 rings (SSSR count). The van der Waals surface area contributed by atoms with Crippen molar-refractivity contribution in [2.75, 3.05) is 0 Å². The molecular formula is C46H29N5O. The van der Waals surface area contributed by atoms with E-state index < -0.39 is 0 Å². The number of rotatable bonds is 6. The first-order valence-electron chi connectivity index (χ1n) is 17.2. The van der Waals surface area contributed by atoms with Gasteiger partial charge in [0.15, 0.2) is 23.1 Å². The van der Waals surface area contributed by atoms with Crippen LogP contribution in [0, 0.1) is 0 Å². The highest BCUT2D eigenvalue weighted by atomic mass is 16.4. The van der Waals surface area contributed by atoms with Crippen LogP contribution in [0.15, 0.2) is 180 Å². The topological polar surface area (TPSA) is 69.6 Å². The molecule has 0 N–H and O–H groups in total. The average Bonchev–Trinajstić information content (AvgIpc) is 3.80. The molecule has 3 aromatic heterocycles. The molecule has 6 heteroatoms. The van der Waals surface area contributed by atoms with E-state index in [1.165, 1.54) is 16.3 Å². The van der Waals surface area contributed by atoms with Crippen LogP contribution in [0.2, 0.25) is 0 Å². The maximum atomic E-state index is 6.45. The van der Waals surface area contributed by atoms with E-state index in [1.807, 2.05) is 54.6 Å². The minimum atomic E-state index is 0.550. The van der Waals surface area contributed by atoms with Gasteiger partial charge in [-0.25, -0.2) is 15.0 Å². The lowest BCUT2D eigenvalue weighted by Crippen LogP contribution is -2.00. The summed E-state index contributed by atoms with van der Waals surface area (Å²) in [5.74, 6) is 1.87. The van der Waals surface area contributed by atoms with Crippen LogP contribution in [-0.4, -0.2) is 24.5 Å². The Bertz CT molecular complexity index is 2820. The molecule has 0 saturated heterocycles. The largest absolute Gasteiger partial charge is 0.423 e. The molecule has 7 aromatic carbocycles. The molecule has 0 bridgehead atoms. The van der Waals surface area contributed by atoms with Crippen molar-refractivity contribution in [1.82, 2.24) is 24.5 Å². The Labute approximate surface area is 299 Å². The molecule has 244 valence electrons. The van der Waals surface area contributed by atoms with Crippen molar-refractivity contribution in [2.45, 2.75) is 0 Å². The molecule has 0 spiro atoms. The van der Waals surface area contributed by atoms with Gasteiger partial charge in [-0.2, -0.15) is 4.98 Å². The summed E-state index contributed by atoms with van der Waals surface area (Å²) in [6.07, 6.45) is 0. The first-order chi connectivity index (χ1) is 25.7. The number of nitrogens with zero attached hydrogens (tertiary/aromatic N) is 5. The molecule has 0 aliphatic rings. The van der Waals surface area contributed by atoms with E-state index in [0.29, 0.717) is 23.5 Å². The molecule has 0 radical (unpaired) electrons. The normalized spacial score (nSPS) is 11.5. The van der Waals surface area contributed by atoms with Crippen molar-refractivity contribution in [3.8, 4) is 62.4 Å². The summed E-state index contributed by atoms with van der Waals surface area (Å²) in [5.41, 5.74) is 10.8. The number of benzene rings is 7. The zero-order chi connectivity index (χ0) is 34.4. The second-order valence-electron chi connectivity index (χ2n) is 12.7. The van der Waals surface area contributed by atoms with Crippen LogP contribution >= 0.6 is 0 Å². The number of hydrogen-bond acceptors (Lipinski definition) is 5. The van der Waals surface area contributed by atoms with Gasteiger partial charge in [0, 0.05) is 27.5 Å². The Hall–Kier alpha value is -7.18.